The number of hydrogen-bond acceptors (Lipinski definition) is 10. The smallest absolute Gasteiger partial charge is 0.331 e. The number of ether oxygens (including phenoxy) is 1. The second-order valence-corrected chi connectivity index (χ2v) is 4.15. The molecule has 2 unspecified atom stereocenters. The van der Waals surface area contributed by atoms with E-state index in [0.29, 0.717) is 12.8 Å². The van der Waals surface area contributed by atoms with Gasteiger partial charge in [-0.2, -0.15) is 0 Å². The predicted octanol–water partition coefficient (Wildman–Crippen LogP) is -1.41. The molecule has 0 rings (SSSR count). The standard InChI is InChI=1S/C10H17N3O10/c14-5-9(11-7-15)10(16)21-4-2-1-3-8(23-13(19)20)6-22-12(17)18/h7-9,14H,1-6H2,(H,11,15). The summed E-state index contributed by atoms with van der Waals surface area (Å²) >= 11 is 0. The van der Waals surface area contributed by atoms with Gasteiger partial charge in [-0.1, -0.05) is 0 Å². The predicted molar refractivity (Wildman–Crippen MR) is 69.7 cm³/mol. The Bertz CT molecular complexity index is 404. The maximum Gasteiger partial charge on any atom is 0.331 e. The molecule has 0 aliphatic heterocycles. The van der Waals surface area contributed by atoms with Gasteiger partial charge in [-0.15, -0.1) is 20.2 Å². The third-order valence-corrected chi connectivity index (χ3v) is 2.50. The quantitative estimate of drug-likeness (QED) is 0.125. The molecule has 0 saturated heterocycles. The Morgan fingerprint density at radius 3 is 2.48 bits per heavy atom. The summed E-state index contributed by atoms with van der Waals surface area (Å²) in [6.07, 6.45) is -0.203. The zero-order valence-electron chi connectivity index (χ0n) is 12.0. The van der Waals surface area contributed by atoms with Gasteiger partial charge in [0, 0.05) is 0 Å². The Balaban J connectivity index is 3.99. The van der Waals surface area contributed by atoms with E-state index in [1.165, 1.54) is 0 Å². The van der Waals surface area contributed by atoms with E-state index in [4.69, 9.17) is 9.84 Å². The van der Waals surface area contributed by atoms with Crippen molar-refractivity contribution in [3.8, 4) is 0 Å². The van der Waals surface area contributed by atoms with Crippen LogP contribution in [0.4, 0.5) is 0 Å². The van der Waals surface area contributed by atoms with Crippen molar-refractivity contribution in [3.63, 3.8) is 0 Å². The summed E-state index contributed by atoms with van der Waals surface area (Å²) in [7, 11) is 0. The van der Waals surface area contributed by atoms with Crippen molar-refractivity contribution in [3.05, 3.63) is 20.2 Å². The van der Waals surface area contributed by atoms with Crippen molar-refractivity contribution in [2.75, 3.05) is 19.8 Å². The number of nitrogens with zero attached hydrogens (tertiary/aromatic N) is 2. The number of nitrogens with one attached hydrogen (secondary N) is 1. The molecule has 13 nitrogen and oxygen atoms in total. The number of hydrogen-bond donors (Lipinski definition) is 2. The van der Waals surface area contributed by atoms with E-state index in [9.17, 15) is 29.8 Å². The topological polar surface area (TPSA) is 180 Å². The molecule has 1 amide bonds. The van der Waals surface area contributed by atoms with Crippen LogP contribution >= 0.6 is 0 Å². The fourth-order valence-corrected chi connectivity index (χ4v) is 1.46. The average molecular weight is 339 g/mol. The number of aliphatic hydroxyl groups excluding tert-OH is 1. The molecule has 0 saturated carbocycles. The number of esters is 1. The van der Waals surface area contributed by atoms with Gasteiger partial charge in [-0.05, 0) is 19.3 Å². The fourth-order valence-electron chi connectivity index (χ4n) is 1.46. The highest BCUT2D eigenvalue weighted by Crippen LogP contribution is 2.07. The van der Waals surface area contributed by atoms with Crippen LogP contribution in [0.15, 0.2) is 0 Å². The van der Waals surface area contributed by atoms with Crippen molar-refractivity contribution in [1.29, 1.82) is 0 Å². The lowest BCUT2D eigenvalue weighted by Crippen LogP contribution is -2.40. The number of carbonyl (C=O) groups is 2. The summed E-state index contributed by atoms with van der Waals surface area (Å²) in [5.74, 6) is -0.825. The summed E-state index contributed by atoms with van der Waals surface area (Å²) in [4.78, 5) is 50.0. The second-order valence-electron chi connectivity index (χ2n) is 4.15. The van der Waals surface area contributed by atoms with Crippen LogP contribution in [-0.2, 0) is 24.0 Å². The van der Waals surface area contributed by atoms with Crippen LogP contribution in [0.25, 0.3) is 0 Å². The lowest BCUT2D eigenvalue weighted by Gasteiger charge is -2.14. The van der Waals surface area contributed by atoms with E-state index in [-0.39, 0.29) is 19.4 Å². The van der Waals surface area contributed by atoms with E-state index in [1.54, 1.807) is 0 Å². The van der Waals surface area contributed by atoms with Crippen LogP contribution in [-0.4, -0.2) is 59.6 Å². The molecule has 23 heavy (non-hydrogen) atoms. The van der Waals surface area contributed by atoms with Crippen molar-refractivity contribution in [2.24, 2.45) is 0 Å². The third-order valence-electron chi connectivity index (χ3n) is 2.50. The number of rotatable bonds is 14. The minimum atomic E-state index is -1.16. The Hall–Kier alpha value is -2.70. The van der Waals surface area contributed by atoms with Crippen LogP contribution in [0.2, 0.25) is 0 Å². The number of amides is 1. The highest BCUT2D eigenvalue weighted by atomic mass is 17.0. The molecule has 132 valence electrons. The largest absolute Gasteiger partial charge is 0.464 e. The van der Waals surface area contributed by atoms with E-state index in [2.05, 4.69) is 15.0 Å². The lowest BCUT2D eigenvalue weighted by atomic mass is 10.2. The van der Waals surface area contributed by atoms with Gasteiger partial charge in [0.05, 0.1) is 13.2 Å². The molecule has 0 aromatic rings. The van der Waals surface area contributed by atoms with Gasteiger partial charge in [-0.3, -0.25) is 4.79 Å². The molecular formula is C10H17N3O10. The number of aliphatic hydroxyl groups is 1. The molecule has 0 aliphatic rings. The van der Waals surface area contributed by atoms with Gasteiger partial charge in [0.2, 0.25) is 6.41 Å². The second kappa shape index (κ2) is 11.9. The van der Waals surface area contributed by atoms with Gasteiger partial charge in [0.15, 0.2) is 0 Å². The van der Waals surface area contributed by atoms with Gasteiger partial charge in [0.1, 0.15) is 18.8 Å². The first-order valence-electron chi connectivity index (χ1n) is 6.46. The molecular weight excluding hydrogens is 322 g/mol. The van der Waals surface area contributed by atoms with Gasteiger partial charge in [-0.25, -0.2) is 4.79 Å². The van der Waals surface area contributed by atoms with Crippen LogP contribution in [0.5, 0.6) is 0 Å². The molecule has 0 aromatic carbocycles. The normalized spacial score (nSPS) is 12.6. The maximum atomic E-state index is 11.4. The van der Waals surface area contributed by atoms with Gasteiger partial charge >= 0.3 is 5.97 Å². The summed E-state index contributed by atoms with van der Waals surface area (Å²) in [6.45, 7) is -1.27. The first-order valence-corrected chi connectivity index (χ1v) is 6.46. The molecule has 2 N–H and O–H groups in total. The fraction of sp³-hybridized carbons (Fsp3) is 0.800. The van der Waals surface area contributed by atoms with Crippen molar-refractivity contribution < 1.29 is 39.3 Å². The molecule has 0 aliphatic carbocycles. The van der Waals surface area contributed by atoms with Crippen LogP contribution < -0.4 is 5.32 Å². The van der Waals surface area contributed by atoms with E-state index < -0.39 is 41.5 Å². The molecule has 0 spiro atoms. The summed E-state index contributed by atoms with van der Waals surface area (Å²) in [5.41, 5.74) is 0. The average Bonchev–Trinajstić information content (AvgIpc) is 2.48. The van der Waals surface area contributed by atoms with Crippen molar-refractivity contribution in [1.82, 2.24) is 5.32 Å². The Morgan fingerprint density at radius 1 is 1.26 bits per heavy atom. The Morgan fingerprint density at radius 2 is 1.96 bits per heavy atom. The SMILES string of the molecule is O=CNC(CO)C(=O)OCCCCC(CO[N+](=O)[O-])O[N+](=O)[O-]. The molecule has 0 aromatic heterocycles. The maximum absolute atomic E-state index is 11.4. The number of unbranched alkanes of at least 4 members (excludes halogenated alkanes) is 1. The molecule has 0 fully saturated rings. The summed E-state index contributed by atoms with van der Waals surface area (Å²) < 4.78 is 4.77. The van der Waals surface area contributed by atoms with E-state index in [0.717, 1.165) is 0 Å². The van der Waals surface area contributed by atoms with Crippen molar-refractivity contribution >= 4 is 12.4 Å². The number of carbonyl (C=O) groups excluding carboxylic acids is 2. The summed E-state index contributed by atoms with van der Waals surface area (Å²) in [6, 6.07) is -1.16. The minimum Gasteiger partial charge on any atom is -0.464 e. The van der Waals surface area contributed by atoms with Crippen LogP contribution in [0.3, 0.4) is 0 Å². The minimum absolute atomic E-state index is 0.0584. The molecule has 2 atom stereocenters. The van der Waals surface area contributed by atoms with Gasteiger partial charge < -0.3 is 24.8 Å². The first kappa shape index (κ1) is 20.3. The molecule has 0 bridgehead atoms. The summed E-state index contributed by atoms with van der Waals surface area (Å²) in [5, 5.41) is 29.0. The molecule has 0 heterocycles. The van der Waals surface area contributed by atoms with Crippen molar-refractivity contribution in [2.45, 2.75) is 31.4 Å². The zero-order valence-corrected chi connectivity index (χ0v) is 12.0. The highest BCUT2D eigenvalue weighted by Gasteiger charge is 2.18. The lowest BCUT2D eigenvalue weighted by molar-refractivity contribution is -0.790. The van der Waals surface area contributed by atoms with E-state index in [1.807, 2.05) is 0 Å². The van der Waals surface area contributed by atoms with E-state index >= 15 is 0 Å². The first-order chi connectivity index (χ1) is 10.9. The Kier molecular flexibility index (Phi) is 10.5. The van der Waals surface area contributed by atoms with Crippen LogP contribution in [0, 0.1) is 20.2 Å². The molecule has 13 heteroatoms. The Labute approximate surface area is 129 Å². The zero-order chi connectivity index (χ0) is 17.7. The highest BCUT2D eigenvalue weighted by molar-refractivity contribution is 5.78. The molecule has 0 radical (unpaired) electrons. The van der Waals surface area contributed by atoms with Gasteiger partial charge in [0.25, 0.3) is 10.2 Å². The van der Waals surface area contributed by atoms with Crippen LogP contribution in [0.1, 0.15) is 19.3 Å². The monoisotopic (exact) mass is 339 g/mol. The third kappa shape index (κ3) is 10.6.